The van der Waals surface area contributed by atoms with E-state index in [1.54, 1.807) is 13.3 Å². The van der Waals surface area contributed by atoms with Gasteiger partial charge in [-0.05, 0) is 49.4 Å². The average molecular weight is 341 g/mol. The van der Waals surface area contributed by atoms with Crippen LogP contribution in [0.3, 0.4) is 0 Å². The van der Waals surface area contributed by atoms with Crippen molar-refractivity contribution in [2.75, 3.05) is 20.2 Å². The van der Waals surface area contributed by atoms with Crippen molar-refractivity contribution in [2.45, 2.75) is 32.7 Å². The van der Waals surface area contributed by atoms with Crippen LogP contribution < -0.4 is 15.4 Å². The number of aliphatic imine (C=N–C) groups is 1. The van der Waals surface area contributed by atoms with E-state index in [2.05, 4.69) is 40.7 Å². The van der Waals surface area contributed by atoms with E-state index >= 15 is 0 Å². The topological polar surface area (TPSA) is 58.8 Å². The smallest absolute Gasteiger partial charge is 0.191 e. The highest BCUT2D eigenvalue weighted by atomic mass is 16.5. The standard InChI is InChI=1S/C20H27N3O2/c1-15-5-8-17(19(12-15)25-14-16-6-7-16)13-23-20(21-2)22-10-9-18-4-3-11-24-18/h3-5,8,11-12,16H,6-7,9-10,13-14H2,1-2H3,(H2,21,22,23). The summed E-state index contributed by atoms with van der Waals surface area (Å²) in [6.45, 7) is 4.37. The van der Waals surface area contributed by atoms with Gasteiger partial charge in [0, 0.05) is 32.1 Å². The zero-order chi connectivity index (χ0) is 17.5. The zero-order valence-corrected chi connectivity index (χ0v) is 15.0. The first kappa shape index (κ1) is 17.4. The van der Waals surface area contributed by atoms with Crippen LogP contribution in [0.15, 0.2) is 46.0 Å². The quantitative estimate of drug-likeness (QED) is 0.571. The molecule has 5 heteroatoms. The molecule has 0 atom stereocenters. The molecule has 25 heavy (non-hydrogen) atoms. The monoisotopic (exact) mass is 341 g/mol. The Balaban J connectivity index is 1.50. The first-order valence-corrected chi connectivity index (χ1v) is 8.94. The van der Waals surface area contributed by atoms with Crippen LogP contribution in [0.5, 0.6) is 5.75 Å². The molecule has 3 rings (SSSR count). The molecule has 5 nitrogen and oxygen atoms in total. The van der Waals surface area contributed by atoms with Crippen LogP contribution in [0.25, 0.3) is 0 Å². The van der Waals surface area contributed by atoms with Crippen LogP contribution in [0.1, 0.15) is 29.7 Å². The Morgan fingerprint density at radius 2 is 2.16 bits per heavy atom. The third-order valence-corrected chi connectivity index (χ3v) is 4.31. The van der Waals surface area contributed by atoms with E-state index in [-0.39, 0.29) is 0 Å². The van der Waals surface area contributed by atoms with Crippen LogP contribution in [-0.4, -0.2) is 26.2 Å². The van der Waals surface area contributed by atoms with E-state index in [0.717, 1.165) is 48.5 Å². The number of benzene rings is 1. The predicted molar refractivity (Wildman–Crippen MR) is 100 cm³/mol. The maximum Gasteiger partial charge on any atom is 0.191 e. The second-order valence-corrected chi connectivity index (χ2v) is 6.55. The van der Waals surface area contributed by atoms with Gasteiger partial charge in [-0.25, -0.2) is 0 Å². The molecule has 1 aliphatic rings. The number of nitrogens with zero attached hydrogens (tertiary/aromatic N) is 1. The van der Waals surface area contributed by atoms with E-state index < -0.39 is 0 Å². The Morgan fingerprint density at radius 3 is 2.88 bits per heavy atom. The third-order valence-electron chi connectivity index (χ3n) is 4.31. The third kappa shape index (κ3) is 5.55. The summed E-state index contributed by atoms with van der Waals surface area (Å²) < 4.78 is 11.4. The first-order chi connectivity index (χ1) is 12.2. The highest BCUT2D eigenvalue weighted by Crippen LogP contribution is 2.30. The second-order valence-electron chi connectivity index (χ2n) is 6.55. The number of ether oxygens (including phenoxy) is 1. The lowest BCUT2D eigenvalue weighted by atomic mass is 10.1. The van der Waals surface area contributed by atoms with Crippen LogP contribution in [0.4, 0.5) is 0 Å². The van der Waals surface area contributed by atoms with Gasteiger partial charge in [0.25, 0.3) is 0 Å². The van der Waals surface area contributed by atoms with Crippen molar-refractivity contribution in [1.29, 1.82) is 0 Å². The summed E-state index contributed by atoms with van der Waals surface area (Å²) in [5, 5.41) is 6.66. The van der Waals surface area contributed by atoms with Gasteiger partial charge in [0.05, 0.1) is 12.9 Å². The minimum absolute atomic E-state index is 0.681. The molecule has 0 spiro atoms. The number of nitrogens with one attached hydrogen (secondary N) is 2. The molecule has 2 aromatic rings. The highest BCUT2D eigenvalue weighted by molar-refractivity contribution is 5.79. The van der Waals surface area contributed by atoms with Crippen molar-refractivity contribution in [2.24, 2.45) is 10.9 Å². The van der Waals surface area contributed by atoms with Crippen LogP contribution in [0.2, 0.25) is 0 Å². The van der Waals surface area contributed by atoms with Crippen molar-refractivity contribution in [3.63, 3.8) is 0 Å². The van der Waals surface area contributed by atoms with Crippen LogP contribution in [0, 0.1) is 12.8 Å². The van der Waals surface area contributed by atoms with Gasteiger partial charge in [-0.2, -0.15) is 0 Å². The molecule has 1 saturated carbocycles. The fourth-order valence-corrected chi connectivity index (χ4v) is 2.59. The molecule has 0 aliphatic heterocycles. The Hall–Kier alpha value is -2.43. The van der Waals surface area contributed by atoms with Crippen molar-refractivity contribution in [3.05, 3.63) is 53.5 Å². The van der Waals surface area contributed by atoms with Gasteiger partial charge >= 0.3 is 0 Å². The molecule has 134 valence electrons. The highest BCUT2D eigenvalue weighted by Gasteiger charge is 2.22. The molecule has 0 bridgehead atoms. The van der Waals surface area contributed by atoms with Gasteiger partial charge in [0.1, 0.15) is 11.5 Å². The molecule has 0 saturated heterocycles. The summed E-state index contributed by atoms with van der Waals surface area (Å²) in [5.41, 5.74) is 2.37. The molecular formula is C20H27N3O2. The van der Waals surface area contributed by atoms with Crippen molar-refractivity contribution < 1.29 is 9.15 Å². The van der Waals surface area contributed by atoms with E-state index in [0.29, 0.717) is 6.54 Å². The lowest BCUT2D eigenvalue weighted by Crippen LogP contribution is -2.37. The van der Waals surface area contributed by atoms with Gasteiger partial charge in [0.2, 0.25) is 0 Å². The van der Waals surface area contributed by atoms with Crippen LogP contribution >= 0.6 is 0 Å². The minimum atomic E-state index is 0.681. The molecule has 0 unspecified atom stereocenters. The van der Waals surface area contributed by atoms with Gasteiger partial charge in [-0.3, -0.25) is 4.99 Å². The minimum Gasteiger partial charge on any atom is -0.493 e. The summed E-state index contributed by atoms with van der Waals surface area (Å²) in [6.07, 6.45) is 5.12. The van der Waals surface area contributed by atoms with Crippen LogP contribution in [-0.2, 0) is 13.0 Å². The molecule has 0 amide bonds. The number of hydrogen-bond acceptors (Lipinski definition) is 3. The SMILES string of the molecule is CN=C(NCCc1ccco1)NCc1ccc(C)cc1OCC1CC1. The molecule has 1 fully saturated rings. The molecule has 2 N–H and O–H groups in total. The summed E-state index contributed by atoms with van der Waals surface area (Å²) in [7, 11) is 1.78. The average Bonchev–Trinajstić information content (AvgIpc) is 3.31. The van der Waals surface area contributed by atoms with Crippen molar-refractivity contribution >= 4 is 5.96 Å². The lowest BCUT2D eigenvalue weighted by Gasteiger charge is -2.15. The zero-order valence-electron chi connectivity index (χ0n) is 15.0. The predicted octanol–water partition coefficient (Wildman–Crippen LogP) is 3.28. The lowest BCUT2D eigenvalue weighted by molar-refractivity contribution is 0.296. The first-order valence-electron chi connectivity index (χ1n) is 8.94. The molecule has 1 aliphatic carbocycles. The normalized spacial score (nSPS) is 14.4. The number of aryl methyl sites for hydroxylation is 1. The molecule has 1 aromatic heterocycles. The summed E-state index contributed by atoms with van der Waals surface area (Å²) in [4.78, 5) is 4.28. The fraction of sp³-hybridized carbons (Fsp3) is 0.450. The molecular weight excluding hydrogens is 314 g/mol. The Kier molecular flexibility index (Phi) is 5.99. The maximum absolute atomic E-state index is 6.03. The fourth-order valence-electron chi connectivity index (χ4n) is 2.59. The van der Waals surface area contributed by atoms with Crippen molar-refractivity contribution in [3.8, 4) is 5.75 Å². The summed E-state index contributed by atoms with van der Waals surface area (Å²) >= 11 is 0. The molecule has 0 radical (unpaired) electrons. The van der Waals surface area contributed by atoms with E-state index in [1.807, 2.05) is 12.1 Å². The summed E-state index contributed by atoms with van der Waals surface area (Å²) in [5.74, 6) is 3.47. The Bertz CT molecular complexity index is 691. The largest absolute Gasteiger partial charge is 0.493 e. The van der Waals surface area contributed by atoms with E-state index in [1.165, 1.54) is 18.4 Å². The Labute approximate surface area is 149 Å². The van der Waals surface area contributed by atoms with E-state index in [4.69, 9.17) is 9.15 Å². The number of furan rings is 1. The second kappa shape index (κ2) is 8.60. The number of hydrogen-bond donors (Lipinski definition) is 2. The van der Waals surface area contributed by atoms with Gasteiger partial charge < -0.3 is 19.8 Å². The summed E-state index contributed by atoms with van der Waals surface area (Å²) in [6, 6.07) is 10.2. The molecule has 1 heterocycles. The van der Waals surface area contributed by atoms with Gasteiger partial charge in [-0.1, -0.05) is 12.1 Å². The van der Waals surface area contributed by atoms with Gasteiger partial charge in [0.15, 0.2) is 5.96 Å². The van der Waals surface area contributed by atoms with Crippen molar-refractivity contribution in [1.82, 2.24) is 10.6 Å². The maximum atomic E-state index is 6.03. The molecule has 1 aromatic carbocycles. The van der Waals surface area contributed by atoms with Gasteiger partial charge in [-0.15, -0.1) is 0 Å². The Morgan fingerprint density at radius 1 is 1.28 bits per heavy atom. The van der Waals surface area contributed by atoms with E-state index in [9.17, 15) is 0 Å². The number of guanidine groups is 1. The number of rotatable bonds is 8.